The Morgan fingerprint density at radius 1 is 1.47 bits per heavy atom. The van der Waals surface area contributed by atoms with Crippen molar-refractivity contribution >= 4 is 5.69 Å². The summed E-state index contributed by atoms with van der Waals surface area (Å²) < 4.78 is 16.6. The predicted molar refractivity (Wildman–Crippen MR) is 74.1 cm³/mol. The minimum absolute atomic E-state index is 0.332. The van der Waals surface area contributed by atoms with Gasteiger partial charge < -0.3 is 9.88 Å². The normalized spacial score (nSPS) is 15.1. The number of fused-ring (bicyclic) bond motifs is 1. The first kappa shape index (κ1) is 12.2. The molecule has 0 bridgehead atoms. The molecule has 2 heterocycles. The van der Waals surface area contributed by atoms with Crippen LogP contribution >= 0.6 is 0 Å². The van der Waals surface area contributed by atoms with Crippen LogP contribution in [0.25, 0.3) is 0 Å². The summed E-state index contributed by atoms with van der Waals surface area (Å²) in [4.78, 5) is 4.25. The molecule has 0 amide bonds. The van der Waals surface area contributed by atoms with Gasteiger partial charge in [-0.15, -0.1) is 0 Å². The molecule has 0 radical (unpaired) electrons. The van der Waals surface area contributed by atoms with Crippen LogP contribution in [0.5, 0.6) is 0 Å². The van der Waals surface area contributed by atoms with Gasteiger partial charge in [0.2, 0.25) is 0 Å². The van der Waals surface area contributed by atoms with Gasteiger partial charge in [-0.2, -0.15) is 0 Å². The van der Waals surface area contributed by atoms with E-state index in [-0.39, 0.29) is 0 Å². The lowest BCUT2D eigenvalue weighted by Gasteiger charge is -2.14. The number of alkyl halides is 1. The number of hydrogen-bond donors (Lipinski definition) is 1. The second-order valence-corrected chi connectivity index (χ2v) is 4.86. The van der Waals surface area contributed by atoms with Crippen LogP contribution in [0, 0.1) is 0 Å². The van der Waals surface area contributed by atoms with Crippen LogP contribution in [0.1, 0.15) is 30.0 Å². The monoisotopic (exact) mass is 259 g/mol. The second-order valence-electron chi connectivity index (χ2n) is 4.86. The SMILES string of the molecule is CCn1ccnc1CC(F)c1cccc2c1NCC2. The fraction of sp³-hybridized carbons (Fsp3) is 0.400. The van der Waals surface area contributed by atoms with Gasteiger partial charge in [0.25, 0.3) is 0 Å². The van der Waals surface area contributed by atoms with Crippen molar-refractivity contribution in [3.05, 3.63) is 47.5 Å². The maximum atomic E-state index is 14.6. The fourth-order valence-corrected chi connectivity index (χ4v) is 2.72. The summed E-state index contributed by atoms with van der Waals surface area (Å²) in [6, 6.07) is 5.89. The van der Waals surface area contributed by atoms with Crippen molar-refractivity contribution in [2.24, 2.45) is 0 Å². The molecule has 4 heteroatoms. The molecule has 19 heavy (non-hydrogen) atoms. The standard InChI is InChI=1S/C15H18FN3/c1-2-19-9-8-17-14(19)10-13(16)12-5-3-4-11-6-7-18-15(11)12/h3-5,8-9,13,18H,2,6-7,10H2,1H3. The predicted octanol–water partition coefficient (Wildman–Crippen LogP) is 3.12. The zero-order chi connectivity index (χ0) is 13.2. The molecule has 3 rings (SSSR count). The molecule has 1 aromatic carbocycles. The number of nitrogens with zero attached hydrogens (tertiary/aromatic N) is 2. The average Bonchev–Trinajstić information content (AvgIpc) is 3.05. The number of para-hydroxylation sites is 1. The summed E-state index contributed by atoms with van der Waals surface area (Å²) >= 11 is 0. The van der Waals surface area contributed by atoms with Crippen LogP contribution in [0.15, 0.2) is 30.6 Å². The molecule has 0 saturated carbocycles. The Labute approximate surface area is 112 Å². The number of imidazole rings is 1. The van der Waals surface area contributed by atoms with Crippen molar-refractivity contribution in [3.63, 3.8) is 0 Å². The zero-order valence-corrected chi connectivity index (χ0v) is 11.1. The van der Waals surface area contributed by atoms with Crippen molar-refractivity contribution in [1.82, 2.24) is 9.55 Å². The molecule has 1 aromatic heterocycles. The smallest absolute Gasteiger partial charge is 0.134 e. The fourth-order valence-electron chi connectivity index (χ4n) is 2.72. The molecule has 1 unspecified atom stereocenters. The first-order valence-corrected chi connectivity index (χ1v) is 6.79. The number of aryl methyl sites for hydroxylation is 1. The van der Waals surface area contributed by atoms with Crippen LogP contribution < -0.4 is 5.32 Å². The highest BCUT2D eigenvalue weighted by Crippen LogP contribution is 2.34. The van der Waals surface area contributed by atoms with Crippen LogP contribution in [0.4, 0.5) is 10.1 Å². The summed E-state index contributed by atoms with van der Waals surface area (Å²) in [6.45, 7) is 3.77. The molecule has 1 aliphatic heterocycles. The first-order chi connectivity index (χ1) is 9.29. The van der Waals surface area contributed by atoms with E-state index in [0.717, 1.165) is 36.6 Å². The summed E-state index contributed by atoms with van der Waals surface area (Å²) in [7, 11) is 0. The third-order valence-corrected chi connectivity index (χ3v) is 3.72. The lowest BCUT2D eigenvalue weighted by atomic mass is 10.0. The number of halogens is 1. The lowest BCUT2D eigenvalue weighted by Crippen LogP contribution is -2.07. The number of rotatable bonds is 4. The zero-order valence-electron chi connectivity index (χ0n) is 11.1. The van der Waals surface area contributed by atoms with E-state index < -0.39 is 6.17 Å². The van der Waals surface area contributed by atoms with Gasteiger partial charge in [-0.05, 0) is 18.9 Å². The van der Waals surface area contributed by atoms with Crippen molar-refractivity contribution < 1.29 is 4.39 Å². The van der Waals surface area contributed by atoms with Gasteiger partial charge in [0.05, 0.1) is 0 Å². The van der Waals surface area contributed by atoms with Crippen LogP contribution in [0.2, 0.25) is 0 Å². The Kier molecular flexibility index (Phi) is 3.23. The Bertz CT molecular complexity index is 577. The van der Waals surface area contributed by atoms with Gasteiger partial charge in [0.15, 0.2) is 0 Å². The molecule has 1 N–H and O–H groups in total. The molecular weight excluding hydrogens is 241 g/mol. The second kappa shape index (κ2) is 5.03. The van der Waals surface area contributed by atoms with Crippen molar-refractivity contribution in [2.75, 3.05) is 11.9 Å². The first-order valence-electron chi connectivity index (χ1n) is 6.79. The average molecular weight is 259 g/mol. The number of nitrogens with one attached hydrogen (secondary N) is 1. The van der Waals surface area contributed by atoms with E-state index in [1.54, 1.807) is 6.20 Å². The number of hydrogen-bond acceptors (Lipinski definition) is 2. The van der Waals surface area contributed by atoms with Crippen LogP contribution in [-0.4, -0.2) is 16.1 Å². The van der Waals surface area contributed by atoms with Gasteiger partial charge in [0.1, 0.15) is 12.0 Å². The van der Waals surface area contributed by atoms with Gasteiger partial charge in [-0.25, -0.2) is 9.37 Å². The maximum absolute atomic E-state index is 14.6. The highest BCUT2D eigenvalue weighted by atomic mass is 19.1. The van der Waals surface area contributed by atoms with Crippen molar-refractivity contribution in [3.8, 4) is 0 Å². The minimum Gasteiger partial charge on any atom is -0.384 e. The number of aromatic nitrogens is 2. The van der Waals surface area contributed by atoms with Crippen molar-refractivity contribution in [1.29, 1.82) is 0 Å². The van der Waals surface area contributed by atoms with Crippen LogP contribution in [0.3, 0.4) is 0 Å². The number of benzene rings is 1. The van der Waals surface area contributed by atoms with Gasteiger partial charge in [-0.1, -0.05) is 18.2 Å². The molecule has 0 fully saturated rings. The largest absolute Gasteiger partial charge is 0.384 e. The van der Waals surface area contributed by atoms with Crippen LogP contribution in [-0.2, 0) is 19.4 Å². The Morgan fingerprint density at radius 2 is 2.37 bits per heavy atom. The Balaban J connectivity index is 1.85. The molecular formula is C15H18FN3. The van der Waals surface area contributed by atoms with Crippen molar-refractivity contribution in [2.45, 2.75) is 32.5 Å². The van der Waals surface area contributed by atoms with E-state index in [9.17, 15) is 4.39 Å². The molecule has 2 aromatic rings. The molecule has 3 nitrogen and oxygen atoms in total. The summed E-state index contributed by atoms with van der Waals surface area (Å²) in [5.41, 5.74) is 2.98. The van der Waals surface area contributed by atoms with E-state index in [1.165, 1.54) is 5.56 Å². The molecule has 1 atom stereocenters. The Hall–Kier alpha value is -1.84. The quantitative estimate of drug-likeness (QED) is 0.914. The summed E-state index contributed by atoms with van der Waals surface area (Å²) in [6.07, 6.45) is 3.95. The molecule has 100 valence electrons. The molecule has 0 spiro atoms. The van der Waals surface area contributed by atoms with Gasteiger partial charge in [-0.3, -0.25) is 0 Å². The van der Waals surface area contributed by atoms with Gasteiger partial charge >= 0.3 is 0 Å². The topological polar surface area (TPSA) is 29.9 Å². The number of anilines is 1. The highest BCUT2D eigenvalue weighted by Gasteiger charge is 2.21. The van der Waals surface area contributed by atoms with E-state index in [4.69, 9.17) is 0 Å². The Morgan fingerprint density at radius 3 is 3.21 bits per heavy atom. The molecule has 1 aliphatic rings. The minimum atomic E-state index is -1.01. The summed E-state index contributed by atoms with van der Waals surface area (Å²) in [5.74, 6) is 0.811. The lowest BCUT2D eigenvalue weighted by molar-refractivity contribution is 0.334. The van der Waals surface area contributed by atoms with E-state index >= 15 is 0 Å². The highest BCUT2D eigenvalue weighted by molar-refractivity contribution is 5.62. The maximum Gasteiger partial charge on any atom is 0.134 e. The molecule has 0 aliphatic carbocycles. The van der Waals surface area contributed by atoms with E-state index in [0.29, 0.717) is 6.42 Å². The third-order valence-electron chi connectivity index (χ3n) is 3.72. The van der Waals surface area contributed by atoms with E-state index in [1.807, 2.05) is 29.8 Å². The van der Waals surface area contributed by atoms with E-state index in [2.05, 4.69) is 16.4 Å². The summed E-state index contributed by atoms with van der Waals surface area (Å²) in [5, 5.41) is 3.29. The third kappa shape index (κ3) is 2.23. The van der Waals surface area contributed by atoms with Gasteiger partial charge in [0, 0.05) is 43.2 Å². The molecule has 0 saturated heterocycles.